The Morgan fingerprint density at radius 3 is 2.83 bits per heavy atom. The van der Waals surface area contributed by atoms with Crippen molar-refractivity contribution in [2.24, 2.45) is 29.1 Å². The summed E-state index contributed by atoms with van der Waals surface area (Å²) >= 11 is 0. The van der Waals surface area contributed by atoms with Crippen LogP contribution in [0.2, 0.25) is 0 Å². The summed E-state index contributed by atoms with van der Waals surface area (Å²) in [5.41, 5.74) is 1.28. The number of hydrogen-bond donors (Lipinski definition) is 0. The second kappa shape index (κ2) is 5.19. The molecule has 0 radical (unpaired) electrons. The maximum absolute atomic E-state index is 11.6. The molecule has 4 rings (SSSR count). The highest BCUT2D eigenvalue weighted by atomic mass is 16.5. The molecule has 0 N–H and O–H groups in total. The van der Waals surface area contributed by atoms with Crippen LogP contribution in [-0.2, 0) is 14.3 Å². The molecule has 0 saturated heterocycles. The van der Waals surface area contributed by atoms with Crippen molar-refractivity contribution in [2.45, 2.75) is 45.6 Å². The van der Waals surface area contributed by atoms with Crippen LogP contribution in [0.3, 0.4) is 0 Å². The summed E-state index contributed by atoms with van der Waals surface area (Å²) in [5, 5.41) is 0. The van der Waals surface area contributed by atoms with E-state index in [1.807, 2.05) is 0 Å². The van der Waals surface area contributed by atoms with Gasteiger partial charge in [-0.15, -0.1) is 0 Å². The molecule has 0 aromatic heterocycles. The van der Waals surface area contributed by atoms with E-state index in [0.29, 0.717) is 23.7 Å². The molecule has 6 atom stereocenters. The largest absolute Gasteiger partial charge is 0.462 e. The number of esters is 1. The van der Waals surface area contributed by atoms with Crippen molar-refractivity contribution >= 4 is 11.8 Å². The maximum Gasteiger partial charge on any atom is 0.302 e. The highest BCUT2D eigenvalue weighted by molar-refractivity contribution is 6.01. The van der Waals surface area contributed by atoms with Crippen LogP contribution in [0.1, 0.15) is 39.5 Å². The van der Waals surface area contributed by atoms with Crippen molar-refractivity contribution in [2.75, 3.05) is 0 Å². The third kappa shape index (κ3) is 2.24. The third-order valence-electron chi connectivity index (χ3n) is 6.74. The Hall–Kier alpha value is -1.64. The second-order valence-electron chi connectivity index (χ2n) is 7.86. The molecule has 122 valence electrons. The van der Waals surface area contributed by atoms with Crippen molar-refractivity contribution in [3.8, 4) is 0 Å². The number of ether oxygens (including phenoxy) is 1. The van der Waals surface area contributed by atoms with Crippen molar-refractivity contribution in [1.82, 2.24) is 0 Å². The number of carbonyl (C=O) groups is 2. The van der Waals surface area contributed by atoms with Gasteiger partial charge in [-0.25, -0.2) is 0 Å². The number of fused-ring (bicyclic) bond motifs is 5. The standard InChI is InChI=1S/C20H24O3/c1-12(21)23-19-8-7-18-17-5-3-13-11-14(22)4-6-15(13)16(17)9-10-20(18,19)2/h3-6,11,15-19H,7-10H2,1-2H3/t15?,16-,17-,18+,19+,20+/m1/s1. The molecule has 2 fully saturated rings. The Balaban J connectivity index is 1.64. The lowest BCUT2D eigenvalue weighted by atomic mass is 9.54. The summed E-state index contributed by atoms with van der Waals surface area (Å²) in [6.45, 7) is 3.83. The molecule has 0 spiro atoms. The van der Waals surface area contributed by atoms with Crippen LogP contribution in [0.15, 0.2) is 36.0 Å². The second-order valence-corrected chi connectivity index (χ2v) is 7.86. The fraction of sp³-hybridized carbons (Fsp3) is 0.600. The first-order valence-electron chi connectivity index (χ1n) is 8.78. The van der Waals surface area contributed by atoms with E-state index in [2.05, 4.69) is 25.2 Å². The number of rotatable bonds is 1. The molecule has 0 aromatic carbocycles. The minimum Gasteiger partial charge on any atom is -0.462 e. The molecule has 3 heteroatoms. The minimum atomic E-state index is -0.155. The van der Waals surface area contributed by atoms with E-state index < -0.39 is 0 Å². The van der Waals surface area contributed by atoms with E-state index in [-0.39, 0.29) is 23.3 Å². The molecule has 4 aliphatic rings. The van der Waals surface area contributed by atoms with Crippen LogP contribution in [0.4, 0.5) is 0 Å². The number of carbonyl (C=O) groups excluding carboxylic acids is 2. The normalized spacial score (nSPS) is 44.2. The summed E-state index contributed by atoms with van der Waals surface area (Å²) in [7, 11) is 0. The van der Waals surface area contributed by atoms with Gasteiger partial charge in [-0.2, -0.15) is 0 Å². The van der Waals surface area contributed by atoms with Gasteiger partial charge in [0.2, 0.25) is 0 Å². The van der Waals surface area contributed by atoms with Gasteiger partial charge in [-0.3, -0.25) is 9.59 Å². The predicted molar refractivity (Wildman–Crippen MR) is 87.5 cm³/mol. The fourth-order valence-corrected chi connectivity index (χ4v) is 5.66. The zero-order valence-electron chi connectivity index (χ0n) is 13.8. The third-order valence-corrected chi connectivity index (χ3v) is 6.74. The summed E-state index contributed by atoms with van der Waals surface area (Å²) in [4.78, 5) is 23.0. The number of allylic oxidation sites excluding steroid dienone is 6. The zero-order valence-corrected chi connectivity index (χ0v) is 13.8. The molecule has 0 aliphatic heterocycles. The van der Waals surface area contributed by atoms with Crippen LogP contribution in [0, 0.1) is 29.1 Å². The molecule has 0 bridgehead atoms. The highest BCUT2D eigenvalue weighted by Crippen LogP contribution is 2.60. The van der Waals surface area contributed by atoms with Crippen LogP contribution >= 0.6 is 0 Å². The van der Waals surface area contributed by atoms with Crippen molar-refractivity contribution in [1.29, 1.82) is 0 Å². The predicted octanol–water partition coefficient (Wildman–Crippen LogP) is 3.61. The van der Waals surface area contributed by atoms with Gasteiger partial charge in [0.1, 0.15) is 6.10 Å². The van der Waals surface area contributed by atoms with E-state index in [0.717, 1.165) is 25.7 Å². The van der Waals surface area contributed by atoms with Crippen LogP contribution in [0.25, 0.3) is 0 Å². The molecular weight excluding hydrogens is 288 g/mol. The molecule has 0 heterocycles. The van der Waals surface area contributed by atoms with E-state index >= 15 is 0 Å². The summed E-state index contributed by atoms with van der Waals surface area (Å²) < 4.78 is 5.65. The lowest BCUT2D eigenvalue weighted by Crippen LogP contribution is -2.46. The molecule has 0 amide bonds. The van der Waals surface area contributed by atoms with Crippen molar-refractivity contribution in [3.63, 3.8) is 0 Å². The van der Waals surface area contributed by atoms with Crippen molar-refractivity contribution in [3.05, 3.63) is 36.0 Å². The average molecular weight is 312 g/mol. The SMILES string of the molecule is CC(=O)O[C@H]1CC[C@H]2[C@@H]3C=CC4=CC(=O)C=CC4[C@H]3CC[C@]12C. The van der Waals surface area contributed by atoms with E-state index in [1.54, 1.807) is 12.2 Å². The maximum atomic E-state index is 11.6. The van der Waals surface area contributed by atoms with Crippen LogP contribution in [0.5, 0.6) is 0 Å². The number of ketones is 1. The topological polar surface area (TPSA) is 43.4 Å². The molecule has 4 aliphatic carbocycles. The Morgan fingerprint density at radius 1 is 1.22 bits per heavy atom. The van der Waals surface area contributed by atoms with Crippen molar-refractivity contribution < 1.29 is 14.3 Å². The van der Waals surface area contributed by atoms with Gasteiger partial charge in [0.05, 0.1) is 0 Å². The first kappa shape index (κ1) is 14.9. The average Bonchev–Trinajstić information content (AvgIpc) is 2.83. The Kier molecular flexibility index (Phi) is 3.36. The fourth-order valence-electron chi connectivity index (χ4n) is 5.66. The smallest absolute Gasteiger partial charge is 0.302 e. The van der Waals surface area contributed by atoms with Gasteiger partial charge in [-0.05, 0) is 61.2 Å². The monoisotopic (exact) mass is 312 g/mol. The minimum absolute atomic E-state index is 0.0692. The van der Waals surface area contributed by atoms with E-state index in [1.165, 1.54) is 12.5 Å². The Labute approximate surface area is 137 Å². The molecule has 0 aromatic rings. The molecule has 3 nitrogen and oxygen atoms in total. The zero-order chi connectivity index (χ0) is 16.2. The van der Waals surface area contributed by atoms with E-state index in [4.69, 9.17) is 4.74 Å². The lowest BCUT2D eigenvalue weighted by Gasteiger charge is -2.50. The van der Waals surface area contributed by atoms with Gasteiger partial charge in [0.25, 0.3) is 0 Å². The van der Waals surface area contributed by atoms with Crippen LogP contribution in [-0.4, -0.2) is 17.9 Å². The summed E-state index contributed by atoms with van der Waals surface area (Å²) in [5.74, 6) is 2.04. The van der Waals surface area contributed by atoms with Crippen LogP contribution < -0.4 is 0 Å². The van der Waals surface area contributed by atoms with Gasteiger partial charge < -0.3 is 4.74 Å². The van der Waals surface area contributed by atoms with E-state index in [9.17, 15) is 9.59 Å². The van der Waals surface area contributed by atoms with Gasteiger partial charge in [0, 0.05) is 18.3 Å². The van der Waals surface area contributed by atoms with Gasteiger partial charge >= 0.3 is 5.97 Å². The molecule has 1 unspecified atom stereocenters. The highest BCUT2D eigenvalue weighted by Gasteiger charge is 2.56. The first-order chi connectivity index (χ1) is 11.0. The summed E-state index contributed by atoms with van der Waals surface area (Å²) in [6.07, 6.45) is 14.6. The van der Waals surface area contributed by atoms with Gasteiger partial charge in [-0.1, -0.05) is 25.2 Å². The summed E-state index contributed by atoms with van der Waals surface area (Å²) in [6, 6.07) is 0. The number of hydrogen-bond acceptors (Lipinski definition) is 3. The first-order valence-corrected chi connectivity index (χ1v) is 8.78. The quantitative estimate of drug-likeness (QED) is 0.695. The molecular formula is C20H24O3. The molecule has 2 saturated carbocycles. The van der Waals surface area contributed by atoms with Gasteiger partial charge in [0.15, 0.2) is 5.78 Å². The Bertz CT molecular complexity index is 641. The Morgan fingerprint density at radius 2 is 2.04 bits per heavy atom. The lowest BCUT2D eigenvalue weighted by molar-refractivity contribution is -0.154. The molecule has 23 heavy (non-hydrogen) atoms.